The summed E-state index contributed by atoms with van der Waals surface area (Å²) < 4.78 is 8.11. The van der Waals surface area contributed by atoms with Crippen LogP contribution in [0.4, 0.5) is 5.69 Å². The molecule has 0 unspecified atom stereocenters. The fourth-order valence-electron chi connectivity index (χ4n) is 2.75. The van der Waals surface area contributed by atoms with Crippen molar-refractivity contribution in [2.45, 2.75) is 26.8 Å². The zero-order valence-electron chi connectivity index (χ0n) is 13.7. The van der Waals surface area contributed by atoms with Crippen molar-refractivity contribution in [2.75, 3.05) is 12.3 Å². The van der Waals surface area contributed by atoms with E-state index in [1.165, 1.54) is 5.52 Å². The van der Waals surface area contributed by atoms with Gasteiger partial charge >= 0.3 is 0 Å². The number of benzene rings is 2. The van der Waals surface area contributed by atoms with E-state index in [0.717, 1.165) is 35.7 Å². The molecule has 3 aromatic rings. The lowest BCUT2D eigenvalue weighted by atomic mass is 10.1. The molecule has 1 aromatic heterocycles. The Bertz CT molecular complexity index is 792. The van der Waals surface area contributed by atoms with Crippen LogP contribution in [-0.2, 0) is 13.0 Å². The number of imidazole rings is 1. The van der Waals surface area contributed by atoms with E-state index in [4.69, 9.17) is 15.5 Å². The van der Waals surface area contributed by atoms with Gasteiger partial charge in [-0.15, -0.1) is 0 Å². The van der Waals surface area contributed by atoms with Crippen molar-refractivity contribution >= 4 is 16.7 Å². The van der Waals surface area contributed by atoms with E-state index in [1.807, 2.05) is 30.3 Å². The summed E-state index contributed by atoms with van der Waals surface area (Å²) in [6.07, 6.45) is 0.965. The first-order valence-corrected chi connectivity index (χ1v) is 8.06. The second-order valence-electron chi connectivity index (χ2n) is 6.19. The summed E-state index contributed by atoms with van der Waals surface area (Å²) in [6, 6.07) is 15.8. The average Bonchev–Trinajstić information content (AvgIpc) is 2.84. The van der Waals surface area contributed by atoms with E-state index in [2.05, 4.69) is 36.6 Å². The summed E-state index contributed by atoms with van der Waals surface area (Å²) in [5, 5.41) is 0. The number of hydrogen-bond donors (Lipinski definition) is 1. The largest absolute Gasteiger partial charge is 0.492 e. The molecule has 0 amide bonds. The van der Waals surface area contributed by atoms with Crippen LogP contribution >= 0.6 is 0 Å². The molecule has 3 rings (SSSR count). The SMILES string of the molecule is CC(C)Cc1nc2ccccc2n1CCOc1cccc(N)c1. The van der Waals surface area contributed by atoms with Crippen LogP contribution in [0.1, 0.15) is 19.7 Å². The van der Waals surface area contributed by atoms with Gasteiger partial charge in [0.25, 0.3) is 0 Å². The van der Waals surface area contributed by atoms with Crippen molar-refractivity contribution in [3.05, 3.63) is 54.4 Å². The molecule has 0 aliphatic rings. The Morgan fingerprint density at radius 3 is 2.74 bits per heavy atom. The molecule has 0 aliphatic carbocycles. The minimum absolute atomic E-state index is 0.570. The first kappa shape index (κ1) is 15.4. The Labute approximate surface area is 136 Å². The van der Waals surface area contributed by atoms with Crippen LogP contribution in [0.5, 0.6) is 5.75 Å². The highest BCUT2D eigenvalue weighted by molar-refractivity contribution is 5.75. The Morgan fingerprint density at radius 2 is 1.96 bits per heavy atom. The van der Waals surface area contributed by atoms with Crippen molar-refractivity contribution in [3.8, 4) is 5.75 Å². The molecule has 120 valence electrons. The molecule has 0 saturated carbocycles. The number of para-hydroxylation sites is 2. The highest BCUT2D eigenvalue weighted by Gasteiger charge is 2.11. The molecule has 0 saturated heterocycles. The molecule has 0 bridgehead atoms. The maximum Gasteiger partial charge on any atom is 0.121 e. The molecule has 1 heterocycles. The van der Waals surface area contributed by atoms with Gasteiger partial charge in [-0.1, -0.05) is 32.0 Å². The van der Waals surface area contributed by atoms with Crippen molar-refractivity contribution in [1.29, 1.82) is 0 Å². The summed E-state index contributed by atoms with van der Waals surface area (Å²) in [7, 11) is 0. The maximum absolute atomic E-state index is 5.84. The Morgan fingerprint density at radius 1 is 1.13 bits per heavy atom. The molecule has 0 radical (unpaired) electrons. The van der Waals surface area contributed by atoms with Gasteiger partial charge in [0.05, 0.1) is 17.6 Å². The van der Waals surface area contributed by atoms with E-state index in [1.54, 1.807) is 0 Å². The molecular weight excluding hydrogens is 286 g/mol. The fourth-order valence-corrected chi connectivity index (χ4v) is 2.75. The van der Waals surface area contributed by atoms with Gasteiger partial charge in [0, 0.05) is 18.2 Å². The first-order valence-electron chi connectivity index (χ1n) is 8.06. The number of nitrogens with zero attached hydrogens (tertiary/aromatic N) is 2. The van der Waals surface area contributed by atoms with Gasteiger partial charge in [-0.25, -0.2) is 4.98 Å². The summed E-state index contributed by atoms with van der Waals surface area (Å²) in [4.78, 5) is 4.78. The van der Waals surface area contributed by atoms with Crippen LogP contribution in [0.15, 0.2) is 48.5 Å². The smallest absolute Gasteiger partial charge is 0.121 e. The minimum atomic E-state index is 0.570. The van der Waals surface area contributed by atoms with Crippen molar-refractivity contribution in [3.63, 3.8) is 0 Å². The van der Waals surface area contributed by atoms with Gasteiger partial charge in [0.1, 0.15) is 18.2 Å². The van der Waals surface area contributed by atoms with E-state index in [-0.39, 0.29) is 0 Å². The summed E-state index contributed by atoms with van der Waals surface area (Å²) in [6.45, 7) is 5.80. The molecule has 0 fully saturated rings. The second-order valence-corrected chi connectivity index (χ2v) is 6.19. The van der Waals surface area contributed by atoms with E-state index in [0.29, 0.717) is 12.5 Å². The number of ether oxygens (including phenoxy) is 1. The van der Waals surface area contributed by atoms with Gasteiger partial charge in [0.15, 0.2) is 0 Å². The summed E-state index contributed by atoms with van der Waals surface area (Å²) >= 11 is 0. The third-order valence-electron chi connectivity index (χ3n) is 3.77. The van der Waals surface area contributed by atoms with Crippen LogP contribution < -0.4 is 10.5 Å². The van der Waals surface area contributed by atoms with Crippen LogP contribution in [0.3, 0.4) is 0 Å². The number of aromatic nitrogens is 2. The lowest BCUT2D eigenvalue weighted by Gasteiger charge is -2.12. The quantitative estimate of drug-likeness (QED) is 0.703. The molecule has 4 heteroatoms. The third kappa shape index (κ3) is 3.65. The number of fused-ring (bicyclic) bond motifs is 1. The predicted molar refractivity (Wildman–Crippen MR) is 94.6 cm³/mol. The van der Waals surface area contributed by atoms with Crippen LogP contribution in [0, 0.1) is 5.92 Å². The lowest BCUT2D eigenvalue weighted by molar-refractivity contribution is 0.297. The van der Waals surface area contributed by atoms with Crippen LogP contribution in [0.2, 0.25) is 0 Å². The van der Waals surface area contributed by atoms with Gasteiger partial charge in [-0.2, -0.15) is 0 Å². The molecule has 0 spiro atoms. The van der Waals surface area contributed by atoms with Crippen LogP contribution in [0.25, 0.3) is 11.0 Å². The zero-order valence-corrected chi connectivity index (χ0v) is 13.7. The standard InChI is InChI=1S/C19H23N3O/c1-14(2)12-19-21-17-8-3-4-9-18(17)22(19)10-11-23-16-7-5-6-15(20)13-16/h3-9,13-14H,10-12,20H2,1-2H3. The van der Waals surface area contributed by atoms with Gasteiger partial charge in [-0.3, -0.25) is 0 Å². The van der Waals surface area contributed by atoms with E-state index >= 15 is 0 Å². The molecule has 2 aromatic carbocycles. The fraction of sp³-hybridized carbons (Fsp3) is 0.316. The Kier molecular flexibility index (Phi) is 4.51. The Hall–Kier alpha value is -2.49. The predicted octanol–water partition coefficient (Wildman–Crippen LogP) is 3.90. The van der Waals surface area contributed by atoms with Crippen molar-refractivity contribution in [1.82, 2.24) is 9.55 Å². The average molecular weight is 309 g/mol. The van der Waals surface area contributed by atoms with Gasteiger partial charge in [0.2, 0.25) is 0 Å². The van der Waals surface area contributed by atoms with Crippen LogP contribution in [-0.4, -0.2) is 16.2 Å². The van der Waals surface area contributed by atoms with Gasteiger partial charge < -0.3 is 15.0 Å². The third-order valence-corrected chi connectivity index (χ3v) is 3.77. The number of nitrogens with two attached hydrogens (primary N) is 1. The lowest BCUT2D eigenvalue weighted by Crippen LogP contribution is -2.12. The first-order chi connectivity index (χ1) is 11.1. The number of nitrogen functional groups attached to an aromatic ring is 1. The molecule has 0 aliphatic heterocycles. The summed E-state index contributed by atoms with van der Waals surface area (Å²) in [5.41, 5.74) is 8.72. The minimum Gasteiger partial charge on any atom is -0.492 e. The van der Waals surface area contributed by atoms with E-state index in [9.17, 15) is 0 Å². The second kappa shape index (κ2) is 6.73. The highest BCUT2D eigenvalue weighted by Crippen LogP contribution is 2.19. The molecular formula is C19H23N3O. The maximum atomic E-state index is 5.84. The zero-order chi connectivity index (χ0) is 16.2. The molecule has 4 nitrogen and oxygen atoms in total. The van der Waals surface area contributed by atoms with Crippen molar-refractivity contribution in [2.24, 2.45) is 5.92 Å². The van der Waals surface area contributed by atoms with Gasteiger partial charge in [-0.05, 0) is 30.2 Å². The highest BCUT2D eigenvalue weighted by atomic mass is 16.5. The Balaban J connectivity index is 1.78. The number of rotatable bonds is 6. The topological polar surface area (TPSA) is 53.1 Å². The molecule has 23 heavy (non-hydrogen) atoms. The van der Waals surface area contributed by atoms with Crippen molar-refractivity contribution < 1.29 is 4.74 Å². The number of hydrogen-bond acceptors (Lipinski definition) is 3. The normalized spacial score (nSPS) is 11.3. The molecule has 0 atom stereocenters. The summed E-state index contributed by atoms with van der Waals surface area (Å²) in [5.74, 6) is 2.50. The van der Waals surface area contributed by atoms with E-state index < -0.39 is 0 Å². The monoisotopic (exact) mass is 309 g/mol. The number of anilines is 1. The molecule has 2 N–H and O–H groups in total.